The molecule has 0 aliphatic carbocycles. The van der Waals surface area contributed by atoms with Crippen molar-refractivity contribution < 1.29 is 17.9 Å². The SMILES string of the molecule is CCN(Cc1ccc(C(=O)NC(C)(C)CC)cc1)S(=O)(=O)c1ccc(OC)cc1. The number of methoxy groups -OCH3 is 1. The first-order chi connectivity index (χ1) is 13.6. The molecule has 0 radical (unpaired) electrons. The molecular formula is C22H30N2O4S. The summed E-state index contributed by atoms with van der Waals surface area (Å²) in [6.45, 7) is 8.33. The molecule has 1 N–H and O–H groups in total. The topological polar surface area (TPSA) is 75.7 Å². The third kappa shape index (κ3) is 5.81. The van der Waals surface area contributed by atoms with Crippen molar-refractivity contribution in [3.05, 3.63) is 59.7 Å². The Balaban J connectivity index is 2.15. The average molecular weight is 419 g/mol. The van der Waals surface area contributed by atoms with Gasteiger partial charge >= 0.3 is 0 Å². The zero-order chi connectivity index (χ0) is 21.7. The predicted molar refractivity (Wildman–Crippen MR) is 115 cm³/mol. The Labute approximate surface area is 173 Å². The highest BCUT2D eigenvalue weighted by Gasteiger charge is 2.24. The normalized spacial score (nSPS) is 12.1. The Kier molecular flexibility index (Phi) is 7.43. The number of carbonyl (C=O) groups excluding carboxylic acids is 1. The molecule has 0 spiro atoms. The summed E-state index contributed by atoms with van der Waals surface area (Å²) in [5.41, 5.74) is 1.09. The summed E-state index contributed by atoms with van der Waals surface area (Å²) in [4.78, 5) is 12.6. The first kappa shape index (κ1) is 22.9. The maximum Gasteiger partial charge on any atom is 0.251 e. The molecule has 2 aromatic carbocycles. The predicted octanol–water partition coefficient (Wildman–Crippen LogP) is 3.82. The number of nitrogens with one attached hydrogen (secondary N) is 1. The van der Waals surface area contributed by atoms with E-state index in [0.29, 0.717) is 17.9 Å². The largest absolute Gasteiger partial charge is 0.497 e. The molecule has 0 saturated heterocycles. The monoisotopic (exact) mass is 418 g/mol. The number of sulfonamides is 1. The highest BCUT2D eigenvalue weighted by atomic mass is 32.2. The number of nitrogens with zero attached hydrogens (tertiary/aromatic N) is 1. The summed E-state index contributed by atoms with van der Waals surface area (Å²) in [5, 5.41) is 2.99. The van der Waals surface area contributed by atoms with Crippen molar-refractivity contribution in [3.63, 3.8) is 0 Å². The van der Waals surface area contributed by atoms with E-state index in [1.165, 1.54) is 11.4 Å². The summed E-state index contributed by atoms with van der Waals surface area (Å²) >= 11 is 0. The van der Waals surface area contributed by atoms with E-state index >= 15 is 0 Å². The number of hydrogen-bond acceptors (Lipinski definition) is 4. The molecule has 0 aliphatic rings. The average Bonchev–Trinajstić information content (AvgIpc) is 2.72. The van der Waals surface area contributed by atoms with Crippen LogP contribution < -0.4 is 10.1 Å². The molecule has 29 heavy (non-hydrogen) atoms. The van der Waals surface area contributed by atoms with E-state index < -0.39 is 10.0 Å². The Hall–Kier alpha value is -2.38. The van der Waals surface area contributed by atoms with E-state index in [1.54, 1.807) is 55.5 Å². The van der Waals surface area contributed by atoms with E-state index in [4.69, 9.17) is 4.74 Å². The minimum absolute atomic E-state index is 0.137. The molecule has 0 atom stereocenters. The highest BCUT2D eigenvalue weighted by molar-refractivity contribution is 7.89. The van der Waals surface area contributed by atoms with Gasteiger partial charge < -0.3 is 10.1 Å². The van der Waals surface area contributed by atoms with Crippen LogP contribution in [-0.4, -0.2) is 37.8 Å². The Bertz CT molecular complexity index is 920. The van der Waals surface area contributed by atoms with Gasteiger partial charge in [0.2, 0.25) is 10.0 Å². The molecule has 0 bridgehead atoms. The van der Waals surface area contributed by atoms with Crippen molar-refractivity contribution in [2.45, 2.75) is 51.1 Å². The molecule has 0 aromatic heterocycles. The number of benzene rings is 2. The van der Waals surface area contributed by atoms with Gasteiger partial charge in [0.1, 0.15) is 5.75 Å². The lowest BCUT2D eigenvalue weighted by molar-refractivity contribution is 0.0911. The van der Waals surface area contributed by atoms with Gasteiger partial charge in [0.15, 0.2) is 0 Å². The lowest BCUT2D eigenvalue weighted by Crippen LogP contribution is -2.42. The van der Waals surface area contributed by atoms with Crippen LogP contribution in [0.3, 0.4) is 0 Å². The maximum absolute atomic E-state index is 13.0. The number of carbonyl (C=O) groups is 1. The molecular weight excluding hydrogens is 388 g/mol. The lowest BCUT2D eigenvalue weighted by atomic mass is 10.0. The minimum Gasteiger partial charge on any atom is -0.497 e. The van der Waals surface area contributed by atoms with Crippen LogP contribution >= 0.6 is 0 Å². The fourth-order valence-electron chi connectivity index (χ4n) is 2.70. The molecule has 0 fully saturated rings. The molecule has 2 rings (SSSR count). The van der Waals surface area contributed by atoms with Crippen LogP contribution in [0.15, 0.2) is 53.4 Å². The van der Waals surface area contributed by atoms with Crippen molar-refractivity contribution >= 4 is 15.9 Å². The van der Waals surface area contributed by atoms with Gasteiger partial charge in [-0.1, -0.05) is 26.0 Å². The van der Waals surface area contributed by atoms with Gasteiger partial charge in [-0.2, -0.15) is 4.31 Å². The second kappa shape index (κ2) is 9.41. The first-order valence-corrected chi connectivity index (χ1v) is 11.1. The molecule has 0 heterocycles. The van der Waals surface area contributed by atoms with Crippen LogP contribution in [0, 0.1) is 0 Å². The van der Waals surface area contributed by atoms with Crippen LogP contribution in [0.25, 0.3) is 0 Å². The van der Waals surface area contributed by atoms with Crippen molar-refractivity contribution in [3.8, 4) is 5.75 Å². The highest BCUT2D eigenvalue weighted by Crippen LogP contribution is 2.21. The fourth-order valence-corrected chi connectivity index (χ4v) is 4.13. The molecule has 2 aromatic rings. The minimum atomic E-state index is -3.63. The smallest absolute Gasteiger partial charge is 0.251 e. The molecule has 7 heteroatoms. The summed E-state index contributed by atoms with van der Waals surface area (Å²) in [5.74, 6) is 0.466. The van der Waals surface area contributed by atoms with E-state index in [-0.39, 0.29) is 22.9 Å². The number of rotatable bonds is 9. The van der Waals surface area contributed by atoms with Crippen LogP contribution in [0.1, 0.15) is 50.0 Å². The van der Waals surface area contributed by atoms with Crippen molar-refractivity contribution in [1.29, 1.82) is 0 Å². The molecule has 0 aliphatic heterocycles. The van der Waals surface area contributed by atoms with Gasteiger partial charge in [-0.15, -0.1) is 0 Å². The zero-order valence-electron chi connectivity index (χ0n) is 17.7. The molecule has 158 valence electrons. The quantitative estimate of drug-likeness (QED) is 0.672. The van der Waals surface area contributed by atoms with Gasteiger partial charge in [0.25, 0.3) is 5.91 Å². The summed E-state index contributed by atoms with van der Waals surface area (Å²) in [6, 6.07) is 13.4. The Morgan fingerprint density at radius 3 is 2.10 bits per heavy atom. The third-order valence-corrected chi connectivity index (χ3v) is 6.90. The summed E-state index contributed by atoms with van der Waals surface area (Å²) in [6.07, 6.45) is 0.825. The first-order valence-electron chi connectivity index (χ1n) is 9.68. The van der Waals surface area contributed by atoms with Crippen LogP contribution in [0.2, 0.25) is 0 Å². The molecule has 1 amide bonds. The Morgan fingerprint density at radius 2 is 1.62 bits per heavy atom. The van der Waals surface area contributed by atoms with Crippen molar-refractivity contribution in [2.24, 2.45) is 0 Å². The van der Waals surface area contributed by atoms with Crippen molar-refractivity contribution in [2.75, 3.05) is 13.7 Å². The van der Waals surface area contributed by atoms with Crippen LogP contribution in [-0.2, 0) is 16.6 Å². The Morgan fingerprint density at radius 1 is 1.03 bits per heavy atom. The van der Waals surface area contributed by atoms with Gasteiger partial charge in [-0.05, 0) is 62.2 Å². The number of ether oxygens (including phenoxy) is 1. The van der Waals surface area contributed by atoms with E-state index in [9.17, 15) is 13.2 Å². The zero-order valence-corrected chi connectivity index (χ0v) is 18.5. The van der Waals surface area contributed by atoms with E-state index in [0.717, 1.165) is 12.0 Å². The van der Waals surface area contributed by atoms with Crippen molar-refractivity contribution in [1.82, 2.24) is 9.62 Å². The summed E-state index contributed by atoms with van der Waals surface area (Å²) in [7, 11) is -2.09. The standard InChI is InChI=1S/C22H30N2O4S/c1-6-22(3,4)23-21(25)18-10-8-17(9-11-18)16-24(7-2)29(26,27)20-14-12-19(28-5)13-15-20/h8-15H,6-7,16H2,1-5H3,(H,23,25). The summed E-state index contributed by atoms with van der Waals surface area (Å²) < 4.78 is 32.4. The molecule has 0 saturated carbocycles. The molecule has 6 nitrogen and oxygen atoms in total. The molecule has 0 unspecified atom stereocenters. The van der Waals surface area contributed by atoms with E-state index in [2.05, 4.69) is 5.32 Å². The van der Waals surface area contributed by atoms with Gasteiger partial charge in [0, 0.05) is 24.2 Å². The van der Waals surface area contributed by atoms with Gasteiger partial charge in [-0.25, -0.2) is 8.42 Å². The van der Waals surface area contributed by atoms with Gasteiger partial charge in [-0.3, -0.25) is 4.79 Å². The van der Waals surface area contributed by atoms with Gasteiger partial charge in [0.05, 0.1) is 12.0 Å². The van der Waals surface area contributed by atoms with Crippen LogP contribution in [0.5, 0.6) is 5.75 Å². The lowest BCUT2D eigenvalue weighted by Gasteiger charge is -2.24. The number of hydrogen-bond donors (Lipinski definition) is 1. The maximum atomic E-state index is 13.0. The fraction of sp³-hybridized carbons (Fsp3) is 0.409. The van der Waals surface area contributed by atoms with Crippen LogP contribution in [0.4, 0.5) is 0 Å². The van der Waals surface area contributed by atoms with E-state index in [1.807, 2.05) is 20.8 Å². The number of amides is 1. The second-order valence-corrected chi connectivity index (χ2v) is 9.43. The third-order valence-electron chi connectivity index (χ3n) is 4.96. The second-order valence-electron chi connectivity index (χ2n) is 7.50.